The van der Waals surface area contributed by atoms with E-state index in [0.717, 1.165) is 0 Å². The Morgan fingerprint density at radius 1 is 0.938 bits per heavy atom. The van der Waals surface area contributed by atoms with E-state index in [1.54, 1.807) is 24.8 Å². The standard InChI is InChI=1S/C7H6N4O.C3H6O/c12-7(10-3-1-8-5-10)11-4-2-9-6-11;1-3(2)4/h1-6H;1-2H3. The van der Waals surface area contributed by atoms with Crippen molar-refractivity contribution in [3.8, 4) is 0 Å². The lowest BCUT2D eigenvalue weighted by atomic mass is 10.6. The van der Waals surface area contributed by atoms with E-state index in [1.807, 2.05) is 0 Å². The van der Waals surface area contributed by atoms with E-state index in [9.17, 15) is 9.59 Å². The fraction of sp³-hybridized carbons (Fsp3) is 0.200. The number of hydrogen-bond acceptors (Lipinski definition) is 4. The number of carbonyl (C=O) groups excluding carboxylic acids is 2. The maximum Gasteiger partial charge on any atom is 0.338 e. The highest BCUT2D eigenvalue weighted by Gasteiger charge is 2.03. The molecule has 0 radical (unpaired) electrons. The van der Waals surface area contributed by atoms with E-state index in [4.69, 9.17) is 0 Å². The fourth-order valence-corrected chi connectivity index (χ4v) is 0.878. The Hall–Kier alpha value is -2.24. The molecule has 0 aliphatic carbocycles. The Balaban J connectivity index is 0.000000280. The second kappa shape index (κ2) is 5.59. The molecule has 0 amide bonds. The van der Waals surface area contributed by atoms with Gasteiger partial charge < -0.3 is 4.79 Å². The number of hydrogen-bond donors (Lipinski definition) is 0. The second-order valence-corrected chi connectivity index (χ2v) is 3.13. The van der Waals surface area contributed by atoms with E-state index < -0.39 is 0 Å². The average Bonchev–Trinajstić information content (AvgIpc) is 2.90. The van der Waals surface area contributed by atoms with Gasteiger partial charge in [0, 0.05) is 24.8 Å². The molecule has 0 bridgehead atoms. The van der Waals surface area contributed by atoms with Gasteiger partial charge in [0.15, 0.2) is 0 Å². The van der Waals surface area contributed by atoms with Crippen molar-refractivity contribution < 1.29 is 9.59 Å². The molecule has 0 unspecified atom stereocenters. The maximum absolute atomic E-state index is 11.4. The summed E-state index contributed by atoms with van der Waals surface area (Å²) in [6, 6.07) is -0.190. The molecule has 0 aliphatic rings. The molecule has 0 aromatic carbocycles. The van der Waals surface area contributed by atoms with Gasteiger partial charge in [0.1, 0.15) is 18.4 Å². The first-order chi connectivity index (χ1) is 7.61. The van der Waals surface area contributed by atoms with Gasteiger partial charge in [-0.05, 0) is 13.8 Å². The number of Topliss-reactive ketones (excluding diaryl/α,β-unsaturated/α-hetero) is 1. The molecule has 0 N–H and O–H groups in total. The molecule has 84 valence electrons. The van der Waals surface area contributed by atoms with Gasteiger partial charge in [0.25, 0.3) is 0 Å². The van der Waals surface area contributed by atoms with Crippen LogP contribution in [0.25, 0.3) is 0 Å². The number of ketones is 1. The first kappa shape index (κ1) is 11.8. The quantitative estimate of drug-likeness (QED) is 0.668. The monoisotopic (exact) mass is 220 g/mol. The third kappa shape index (κ3) is 3.49. The number of rotatable bonds is 0. The lowest BCUT2D eigenvalue weighted by Crippen LogP contribution is -2.15. The molecule has 2 rings (SSSR count). The summed E-state index contributed by atoms with van der Waals surface area (Å²) in [5.74, 6) is 0.167. The van der Waals surface area contributed by atoms with Crippen molar-refractivity contribution in [2.75, 3.05) is 0 Å². The summed E-state index contributed by atoms with van der Waals surface area (Å²) in [6.07, 6.45) is 9.17. The van der Waals surface area contributed by atoms with Gasteiger partial charge in [0.2, 0.25) is 0 Å². The zero-order chi connectivity index (χ0) is 12.0. The largest absolute Gasteiger partial charge is 0.338 e. The zero-order valence-electron chi connectivity index (χ0n) is 9.07. The molecular weight excluding hydrogens is 208 g/mol. The van der Waals surface area contributed by atoms with Gasteiger partial charge in [-0.3, -0.25) is 9.13 Å². The van der Waals surface area contributed by atoms with Crippen LogP contribution in [0.5, 0.6) is 0 Å². The predicted octanol–water partition coefficient (Wildman–Crippen LogP) is 1.19. The van der Waals surface area contributed by atoms with Crippen LogP contribution in [0.4, 0.5) is 4.79 Å². The molecular formula is C10H12N4O2. The van der Waals surface area contributed by atoms with Crippen molar-refractivity contribution in [1.29, 1.82) is 0 Å². The van der Waals surface area contributed by atoms with Crippen LogP contribution < -0.4 is 0 Å². The fourth-order valence-electron chi connectivity index (χ4n) is 0.878. The van der Waals surface area contributed by atoms with Crippen LogP contribution in [-0.4, -0.2) is 30.9 Å². The summed E-state index contributed by atoms with van der Waals surface area (Å²) < 4.78 is 2.75. The van der Waals surface area contributed by atoms with Gasteiger partial charge in [-0.1, -0.05) is 0 Å². The SMILES string of the molecule is CC(C)=O.O=C(n1ccnc1)n1ccnc1. The Labute approximate surface area is 92.6 Å². The molecule has 6 nitrogen and oxygen atoms in total. The minimum Gasteiger partial charge on any atom is -0.300 e. The second-order valence-electron chi connectivity index (χ2n) is 3.13. The predicted molar refractivity (Wildman–Crippen MR) is 57.0 cm³/mol. The summed E-state index contributed by atoms with van der Waals surface area (Å²) in [5, 5.41) is 0. The summed E-state index contributed by atoms with van der Waals surface area (Å²) in [5.41, 5.74) is 0. The molecule has 0 fully saturated rings. The van der Waals surface area contributed by atoms with Crippen LogP contribution in [0.1, 0.15) is 13.8 Å². The van der Waals surface area contributed by atoms with Crippen LogP contribution in [0.15, 0.2) is 37.4 Å². The highest BCUT2D eigenvalue weighted by Crippen LogP contribution is 1.91. The van der Waals surface area contributed by atoms with Gasteiger partial charge in [-0.25, -0.2) is 14.8 Å². The van der Waals surface area contributed by atoms with Crippen LogP contribution in [0, 0.1) is 0 Å². The number of aromatic nitrogens is 4. The number of imidazole rings is 2. The Morgan fingerprint density at radius 3 is 1.56 bits per heavy atom. The van der Waals surface area contributed by atoms with E-state index >= 15 is 0 Å². The zero-order valence-corrected chi connectivity index (χ0v) is 9.07. The smallest absolute Gasteiger partial charge is 0.300 e. The van der Waals surface area contributed by atoms with Crippen LogP contribution >= 0.6 is 0 Å². The molecule has 0 atom stereocenters. The highest BCUT2D eigenvalue weighted by atomic mass is 16.2. The molecule has 2 aromatic heterocycles. The molecule has 2 heterocycles. The van der Waals surface area contributed by atoms with E-state index in [-0.39, 0.29) is 11.8 Å². The van der Waals surface area contributed by atoms with E-state index in [2.05, 4.69) is 9.97 Å². The molecule has 6 heteroatoms. The van der Waals surface area contributed by atoms with Gasteiger partial charge in [-0.15, -0.1) is 0 Å². The van der Waals surface area contributed by atoms with Crippen molar-refractivity contribution in [3.05, 3.63) is 37.4 Å². The minimum absolute atomic E-state index is 0.167. The summed E-state index contributed by atoms with van der Waals surface area (Å²) >= 11 is 0. The lowest BCUT2D eigenvalue weighted by Gasteiger charge is -1.98. The topological polar surface area (TPSA) is 69.8 Å². The average molecular weight is 220 g/mol. The Kier molecular flexibility index (Phi) is 4.14. The first-order valence-electron chi connectivity index (χ1n) is 4.59. The number of carbonyl (C=O) groups is 2. The van der Waals surface area contributed by atoms with Crippen molar-refractivity contribution in [2.45, 2.75) is 13.8 Å². The van der Waals surface area contributed by atoms with Crippen molar-refractivity contribution in [3.63, 3.8) is 0 Å². The summed E-state index contributed by atoms with van der Waals surface area (Å²) in [7, 11) is 0. The molecule has 16 heavy (non-hydrogen) atoms. The minimum atomic E-state index is -0.190. The lowest BCUT2D eigenvalue weighted by molar-refractivity contribution is -0.114. The Bertz CT molecular complexity index is 405. The summed E-state index contributed by atoms with van der Waals surface area (Å²) in [6.45, 7) is 3.06. The van der Waals surface area contributed by atoms with Crippen LogP contribution in [0.2, 0.25) is 0 Å². The molecule has 0 spiro atoms. The third-order valence-electron chi connectivity index (χ3n) is 1.45. The van der Waals surface area contributed by atoms with E-state index in [0.29, 0.717) is 0 Å². The molecule has 0 aliphatic heterocycles. The van der Waals surface area contributed by atoms with Crippen LogP contribution in [0.3, 0.4) is 0 Å². The normalized spacial score (nSPS) is 9.12. The Morgan fingerprint density at radius 2 is 1.31 bits per heavy atom. The first-order valence-corrected chi connectivity index (χ1v) is 4.59. The molecule has 0 saturated heterocycles. The molecule has 0 saturated carbocycles. The molecule has 2 aromatic rings. The van der Waals surface area contributed by atoms with Crippen molar-refractivity contribution in [2.24, 2.45) is 0 Å². The number of nitrogens with zero attached hydrogens (tertiary/aromatic N) is 4. The highest BCUT2D eigenvalue weighted by molar-refractivity contribution is 5.78. The van der Waals surface area contributed by atoms with Gasteiger partial charge in [0.05, 0.1) is 0 Å². The van der Waals surface area contributed by atoms with Gasteiger partial charge >= 0.3 is 6.03 Å². The van der Waals surface area contributed by atoms with Crippen molar-refractivity contribution >= 4 is 11.8 Å². The maximum atomic E-state index is 11.4. The summed E-state index contributed by atoms with van der Waals surface area (Å²) in [4.78, 5) is 28.4. The van der Waals surface area contributed by atoms with Crippen LogP contribution in [-0.2, 0) is 4.79 Å². The van der Waals surface area contributed by atoms with E-state index in [1.165, 1.54) is 35.6 Å². The third-order valence-corrected chi connectivity index (χ3v) is 1.45. The van der Waals surface area contributed by atoms with Gasteiger partial charge in [-0.2, -0.15) is 0 Å². The van der Waals surface area contributed by atoms with Crippen molar-refractivity contribution in [1.82, 2.24) is 19.1 Å².